The molecule has 34 heavy (non-hydrogen) atoms. The molecule has 2 heterocycles. The average Bonchev–Trinajstić information content (AvgIpc) is 3.22. The third-order valence-electron chi connectivity index (χ3n) is 5.43. The first-order valence-electron chi connectivity index (χ1n) is 10.6. The first-order valence-corrected chi connectivity index (χ1v) is 11.8. The fraction of sp³-hybridized carbons (Fsp3) is 0.115. The number of rotatable bonds is 6. The molecule has 1 atom stereocenters. The first-order chi connectivity index (χ1) is 16.3. The van der Waals surface area contributed by atoms with E-state index in [0.717, 1.165) is 28.3 Å². The zero-order valence-corrected chi connectivity index (χ0v) is 20.9. The number of halogens is 2. The molecule has 4 aromatic rings. The Balaban J connectivity index is 1.43. The molecule has 0 radical (unpaired) electrons. The minimum atomic E-state index is -0.0678. The molecule has 0 aliphatic carbocycles. The van der Waals surface area contributed by atoms with Crippen LogP contribution >= 0.6 is 35.4 Å². The second-order valence-corrected chi connectivity index (χ2v) is 9.18. The number of aromatic amines is 1. The Labute approximate surface area is 213 Å². The van der Waals surface area contributed by atoms with Crippen molar-refractivity contribution in [3.63, 3.8) is 0 Å². The van der Waals surface area contributed by atoms with Crippen LogP contribution in [0.15, 0.2) is 72.9 Å². The summed E-state index contributed by atoms with van der Waals surface area (Å²) >= 11 is 17.2. The number of carbonyl (C=O) groups excluding carboxylic acids is 1. The van der Waals surface area contributed by atoms with E-state index in [2.05, 4.69) is 20.6 Å². The van der Waals surface area contributed by atoms with Crippen molar-refractivity contribution in [1.29, 1.82) is 0 Å². The number of nitrogens with one attached hydrogen (secondary N) is 3. The highest BCUT2D eigenvalue weighted by molar-refractivity contribution is 7.80. The smallest absolute Gasteiger partial charge is 0.209 e. The van der Waals surface area contributed by atoms with Gasteiger partial charge in [-0.25, -0.2) is 0 Å². The number of aryl methyl sites for hydroxylation is 1. The molecule has 172 valence electrons. The minimum Gasteiger partial charge on any atom is -0.355 e. The molecule has 5 nitrogen and oxygen atoms in total. The highest BCUT2D eigenvalue weighted by Gasteiger charge is 2.19. The standard InChI is InChI=1S/C26H22Cl2N4OS/c1-15-13-23(32-24(15)25(33)17-3-5-18(27)6-4-17)16(2)22-12-11-21(14-29-22)31-26(34)30-20-9-7-19(28)8-10-20/h3-14,16,32H,1-2H3,(H2,30,31,34). The average molecular weight is 509 g/mol. The van der Waals surface area contributed by atoms with Gasteiger partial charge in [-0.1, -0.05) is 30.1 Å². The predicted octanol–water partition coefficient (Wildman–Crippen LogP) is 7.22. The Kier molecular flexibility index (Phi) is 7.32. The Hall–Kier alpha value is -3.19. The number of benzene rings is 2. The Morgan fingerprint density at radius 1 is 0.941 bits per heavy atom. The van der Waals surface area contributed by atoms with Crippen molar-refractivity contribution < 1.29 is 4.79 Å². The van der Waals surface area contributed by atoms with Crippen LogP contribution in [0.25, 0.3) is 0 Å². The van der Waals surface area contributed by atoms with Crippen molar-refractivity contribution in [3.05, 3.63) is 111 Å². The van der Waals surface area contributed by atoms with Gasteiger partial charge in [-0.2, -0.15) is 0 Å². The molecule has 0 saturated heterocycles. The van der Waals surface area contributed by atoms with E-state index in [1.165, 1.54) is 0 Å². The SMILES string of the molecule is Cc1cc(C(C)c2ccc(NC(=S)Nc3ccc(Cl)cc3)cn2)[nH]c1C(=O)c1ccc(Cl)cc1. The van der Waals surface area contributed by atoms with Crippen molar-refractivity contribution in [2.24, 2.45) is 0 Å². The number of carbonyl (C=O) groups is 1. The molecule has 2 aromatic carbocycles. The third-order valence-corrected chi connectivity index (χ3v) is 6.13. The van der Waals surface area contributed by atoms with E-state index < -0.39 is 0 Å². The number of hydrogen-bond acceptors (Lipinski definition) is 3. The molecule has 0 fully saturated rings. The summed E-state index contributed by atoms with van der Waals surface area (Å²) in [5.74, 6) is -0.0968. The van der Waals surface area contributed by atoms with E-state index in [-0.39, 0.29) is 11.7 Å². The summed E-state index contributed by atoms with van der Waals surface area (Å²) in [5.41, 5.74) is 5.44. The number of H-pyrrole nitrogens is 1. The van der Waals surface area contributed by atoms with Gasteiger partial charge < -0.3 is 15.6 Å². The molecule has 0 bridgehead atoms. The first kappa shape index (κ1) is 24.0. The van der Waals surface area contributed by atoms with E-state index in [0.29, 0.717) is 26.4 Å². The second kappa shape index (κ2) is 10.4. The molecular weight excluding hydrogens is 487 g/mol. The molecule has 0 aliphatic rings. The van der Waals surface area contributed by atoms with E-state index in [1.807, 2.05) is 44.2 Å². The van der Waals surface area contributed by atoms with Crippen molar-refractivity contribution >= 4 is 57.7 Å². The normalized spacial score (nSPS) is 11.6. The highest BCUT2D eigenvalue weighted by Crippen LogP contribution is 2.26. The summed E-state index contributed by atoms with van der Waals surface area (Å²) < 4.78 is 0. The number of hydrogen-bond donors (Lipinski definition) is 3. The minimum absolute atomic E-state index is 0.0290. The lowest BCUT2D eigenvalue weighted by atomic mass is 10.0. The lowest BCUT2D eigenvalue weighted by Gasteiger charge is -2.13. The Morgan fingerprint density at radius 2 is 1.53 bits per heavy atom. The molecule has 8 heteroatoms. The van der Waals surface area contributed by atoms with E-state index in [9.17, 15) is 4.79 Å². The van der Waals surface area contributed by atoms with Gasteiger partial charge in [0.1, 0.15) is 0 Å². The summed E-state index contributed by atoms with van der Waals surface area (Å²) in [4.78, 5) is 20.8. The van der Waals surface area contributed by atoms with Crippen molar-refractivity contribution in [2.75, 3.05) is 10.6 Å². The van der Waals surface area contributed by atoms with Crippen LogP contribution in [0, 0.1) is 6.92 Å². The monoisotopic (exact) mass is 508 g/mol. The van der Waals surface area contributed by atoms with Crippen LogP contribution in [0.3, 0.4) is 0 Å². The molecule has 4 rings (SSSR count). The largest absolute Gasteiger partial charge is 0.355 e. The number of aromatic nitrogens is 2. The van der Waals surface area contributed by atoms with Gasteiger partial charge in [0.25, 0.3) is 0 Å². The van der Waals surface area contributed by atoms with Gasteiger partial charge in [-0.3, -0.25) is 9.78 Å². The Morgan fingerprint density at radius 3 is 2.15 bits per heavy atom. The van der Waals surface area contributed by atoms with Crippen LogP contribution in [0.2, 0.25) is 10.0 Å². The Bertz CT molecular complexity index is 1320. The van der Waals surface area contributed by atoms with Crippen LogP contribution in [0.1, 0.15) is 45.8 Å². The number of anilines is 2. The molecule has 0 aliphatic heterocycles. The fourth-order valence-electron chi connectivity index (χ4n) is 3.52. The number of nitrogens with zero attached hydrogens (tertiary/aromatic N) is 1. The quantitative estimate of drug-likeness (QED) is 0.189. The summed E-state index contributed by atoms with van der Waals surface area (Å²) in [5, 5.41) is 7.95. The van der Waals surface area contributed by atoms with Crippen molar-refractivity contribution in [1.82, 2.24) is 9.97 Å². The zero-order valence-electron chi connectivity index (χ0n) is 18.5. The maximum atomic E-state index is 12.9. The molecule has 0 saturated carbocycles. The number of thiocarbonyl (C=S) groups is 1. The number of ketones is 1. The van der Waals surface area contributed by atoms with Crippen LogP contribution in [0.5, 0.6) is 0 Å². The lowest BCUT2D eigenvalue weighted by molar-refractivity contribution is 0.103. The summed E-state index contributed by atoms with van der Waals surface area (Å²) in [6.45, 7) is 3.97. The summed E-state index contributed by atoms with van der Waals surface area (Å²) in [6, 6.07) is 20.0. The molecular formula is C26H22Cl2N4OS. The molecule has 2 aromatic heterocycles. The highest BCUT2D eigenvalue weighted by atomic mass is 35.5. The van der Waals surface area contributed by atoms with Crippen LogP contribution in [-0.4, -0.2) is 20.9 Å². The van der Waals surface area contributed by atoms with Gasteiger partial charge in [0, 0.05) is 38.6 Å². The van der Waals surface area contributed by atoms with Crippen LogP contribution < -0.4 is 10.6 Å². The van der Waals surface area contributed by atoms with E-state index in [4.69, 9.17) is 35.4 Å². The topological polar surface area (TPSA) is 69.8 Å². The predicted molar refractivity (Wildman–Crippen MR) is 143 cm³/mol. The molecule has 3 N–H and O–H groups in total. The van der Waals surface area contributed by atoms with Gasteiger partial charge in [-0.15, -0.1) is 0 Å². The van der Waals surface area contributed by atoms with Gasteiger partial charge >= 0.3 is 0 Å². The lowest BCUT2D eigenvalue weighted by Crippen LogP contribution is -2.19. The van der Waals surface area contributed by atoms with Gasteiger partial charge in [0.15, 0.2) is 5.11 Å². The summed E-state index contributed by atoms with van der Waals surface area (Å²) in [7, 11) is 0. The van der Waals surface area contributed by atoms with Gasteiger partial charge in [0.2, 0.25) is 5.78 Å². The van der Waals surface area contributed by atoms with Gasteiger partial charge in [0.05, 0.1) is 17.6 Å². The maximum absolute atomic E-state index is 12.9. The van der Waals surface area contributed by atoms with Crippen LogP contribution in [-0.2, 0) is 0 Å². The van der Waals surface area contributed by atoms with E-state index in [1.54, 1.807) is 42.6 Å². The maximum Gasteiger partial charge on any atom is 0.209 e. The van der Waals surface area contributed by atoms with Crippen molar-refractivity contribution in [2.45, 2.75) is 19.8 Å². The third kappa shape index (κ3) is 5.65. The zero-order chi connectivity index (χ0) is 24.2. The van der Waals surface area contributed by atoms with Gasteiger partial charge in [-0.05, 0) is 91.4 Å². The summed E-state index contributed by atoms with van der Waals surface area (Å²) in [6.07, 6.45) is 1.73. The fourth-order valence-corrected chi connectivity index (χ4v) is 4.01. The van der Waals surface area contributed by atoms with Crippen LogP contribution in [0.4, 0.5) is 11.4 Å². The molecule has 0 amide bonds. The van der Waals surface area contributed by atoms with E-state index >= 15 is 0 Å². The molecule has 0 spiro atoms. The number of pyridine rings is 1. The second-order valence-electron chi connectivity index (χ2n) is 7.90. The van der Waals surface area contributed by atoms with Crippen molar-refractivity contribution in [3.8, 4) is 0 Å². The molecule has 1 unspecified atom stereocenters.